The van der Waals surface area contributed by atoms with Crippen molar-refractivity contribution in [1.82, 2.24) is 0 Å². The molecular formula is C60H46. The van der Waals surface area contributed by atoms with Gasteiger partial charge in [0.25, 0.3) is 0 Å². The van der Waals surface area contributed by atoms with Crippen LogP contribution in [0.25, 0.3) is 33.4 Å². The highest BCUT2D eigenvalue weighted by atomic mass is 14.4. The van der Waals surface area contributed by atoms with E-state index in [0.29, 0.717) is 0 Å². The third-order valence-electron chi connectivity index (χ3n) is 12.2. The van der Waals surface area contributed by atoms with Crippen LogP contribution >= 0.6 is 0 Å². The first-order chi connectivity index (χ1) is 29.6. The SMILES string of the molecule is Cc1ccc(C(=C2CC3=C(c4ccccc4)c4cc(-c5ccccc5)ccc4C(c4ccccc4)=CC3C2=C(c2ccccc2)c2ccccc2)c2ccc(C)cc2)cc1. The Morgan fingerprint density at radius 3 is 1.35 bits per heavy atom. The highest BCUT2D eigenvalue weighted by Crippen LogP contribution is 2.56. The molecule has 8 aromatic carbocycles. The second kappa shape index (κ2) is 16.2. The van der Waals surface area contributed by atoms with Gasteiger partial charge in [0.2, 0.25) is 0 Å². The zero-order valence-corrected chi connectivity index (χ0v) is 34.1. The highest BCUT2D eigenvalue weighted by molar-refractivity contribution is 6.01. The van der Waals surface area contributed by atoms with E-state index < -0.39 is 0 Å². The molecule has 0 heterocycles. The third-order valence-corrected chi connectivity index (χ3v) is 12.2. The molecule has 2 aliphatic rings. The molecule has 10 rings (SSSR count). The van der Waals surface area contributed by atoms with E-state index in [-0.39, 0.29) is 5.92 Å². The van der Waals surface area contributed by atoms with E-state index in [0.717, 1.165) is 6.42 Å². The number of fused-ring (bicyclic) bond motifs is 2. The first kappa shape index (κ1) is 37.0. The zero-order valence-electron chi connectivity index (χ0n) is 34.1. The maximum absolute atomic E-state index is 2.61. The minimum absolute atomic E-state index is 0.0423. The van der Waals surface area contributed by atoms with Crippen LogP contribution in [0.5, 0.6) is 0 Å². The van der Waals surface area contributed by atoms with Crippen LogP contribution < -0.4 is 0 Å². The van der Waals surface area contributed by atoms with Gasteiger partial charge in [-0.1, -0.05) is 230 Å². The average Bonchev–Trinajstić information content (AvgIpc) is 3.58. The second-order valence-corrected chi connectivity index (χ2v) is 16.1. The molecule has 1 unspecified atom stereocenters. The Bertz CT molecular complexity index is 2840. The third kappa shape index (κ3) is 7.01. The van der Waals surface area contributed by atoms with Crippen LogP contribution in [-0.2, 0) is 0 Å². The molecule has 0 heteroatoms. The van der Waals surface area contributed by atoms with E-state index in [4.69, 9.17) is 0 Å². The van der Waals surface area contributed by atoms with Crippen molar-refractivity contribution < 1.29 is 0 Å². The minimum atomic E-state index is -0.0423. The Morgan fingerprint density at radius 2 is 0.833 bits per heavy atom. The maximum atomic E-state index is 2.61. The van der Waals surface area contributed by atoms with Gasteiger partial charge in [-0.05, 0) is 121 Å². The molecule has 2 aliphatic carbocycles. The van der Waals surface area contributed by atoms with Crippen LogP contribution in [-0.4, -0.2) is 0 Å². The van der Waals surface area contributed by atoms with Gasteiger partial charge in [-0.25, -0.2) is 0 Å². The Balaban J connectivity index is 1.41. The molecule has 0 spiro atoms. The summed E-state index contributed by atoms with van der Waals surface area (Å²) in [5.41, 5.74) is 24.1. The summed E-state index contributed by atoms with van der Waals surface area (Å²) in [5.74, 6) is -0.0423. The lowest BCUT2D eigenvalue weighted by molar-refractivity contribution is 0.977. The number of aryl methyl sites for hydroxylation is 2. The lowest BCUT2D eigenvalue weighted by Gasteiger charge is -2.22. The first-order valence-electron chi connectivity index (χ1n) is 21.1. The first-order valence-corrected chi connectivity index (χ1v) is 21.1. The van der Waals surface area contributed by atoms with E-state index >= 15 is 0 Å². The summed E-state index contributed by atoms with van der Waals surface area (Å²) in [6, 6.07) is 80.7. The van der Waals surface area contributed by atoms with Gasteiger partial charge in [-0.2, -0.15) is 0 Å². The van der Waals surface area contributed by atoms with Crippen LogP contribution in [0.2, 0.25) is 0 Å². The van der Waals surface area contributed by atoms with Crippen LogP contribution in [0.4, 0.5) is 0 Å². The number of hydrogen-bond donors (Lipinski definition) is 0. The highest BCUT2D eigenvalue weighted by Gasteiger charge is 2.39. The molecule has 1 fully saturated rings. The molecule has 0 bridgehead atoms. The summed E-state index contributed by atoms with van der Waals surface area (Å²) >= 11 is 0. The van der Waals surface area contributed by atoms with Gasteiger partial charge in [0, 0.05) is 5.92 Å². The Kier molecular flexibility index (Phi) is 9.97. The van der Waals surface area contributed by atoms with Crippen molar-refractivity contribution in [1.29, 1.82) is 0 Å². The number of benzene rings is 8. The van der Waals surface area contributed by atoms with Gasteiger partial charge >= 0.3 is 0 Å². The fourth-order valence-electron chi connectivity index (χ4n) is 9.40. The van der Waals surface area contributed by atoms with Crippen LogP contribution in [0.3, 0.4) is 0 Å². The molecule has 0 nitrogen and oxygen atoms in total. The molecule has 0 saturated heterocycles. The van der Waals surface area contributed by atoms with E-state index in [9.17, 15) is 0 Å². The van der Waals surface area contributed by atoms with Crippen LogP contribution in [0.1, 0.15) is 62.1 Å². The summed E-state index contributed by atoms with van der Waals surface area (Å²) < 4.78 is 0. The minimum Gasteiger partial charge on any atom is -0.0644 e. The van der Waals surface area contributed by atoms with Crippen molar-refractivity contribution in [3.05, 3.63) is 297 Å². The van der Waals surface area contributed by atoms with E-state index in [1.807, 2.05) is 0 Å². The van der Waals surface area contributed by atoms with Crippen molar-refractivity contribution in [2.75, 3.05) is 0 Å². The van der Waals surface area contributed by atoms with Gasteiger partial charge in [0.15, 0.2) is 0 Å². The molecule has 0 radical (unpaired) electrons. The van der Waals surface area contributed by atoms with Crippen molar-refractivity contribution in [2.45, 2.75) is 20.3 Å². The number of hydrogen-bond acceptors (Lipinski definition) is 0. The number of allylic oxidation sites excluding steroid dienone is 4. The van der Waals surface area contributed by atoms with Gasteiger partial charge < -0.3 is 0 Å². The monoisotopic (exact) mass is 766 g/mol. The maximum Gasteiger partial charge on any atom is 0.0259 e. The smallest absolute Gasteiger partial charge is 0.0259 e. The lowest BCUT2D eigenvalue weighted by Crippen LogP contribution is -2.05. The van der Waals surface area contributed by atoms with Gasteiger partial charge in [-0.15, -0.1) is 0 Å². The molecule has 60 heavy (non-hydrogen) atoms. The van der Waals surface area contributed by atoms with E-state index in [1.54, 1.807) is 0 Å². The van der Waals surface area contributed by atoms with Crippen molar-refractivity contribution >= 4 is 22.3 Å². The van der Waals surface area contributed by atoms with E-state index in [1.165, 1.54) is 106 Å². The number of rotatable bonds is 7. The molecule has 0 N–H and O–H groups in total. The lowest BCUT2D eigenvalue weighted by atomic mass is 9.81. The summed E-state index contributed by atoms with van der Waals surface area (Å²) in [4.78, 5) is 0. The molecule has 286 valence electrons. The van der Waals surface area contributed by atoms with Crippen LogP contribution in [0.15, 0.2) is 241 Å². The van der Waals surface area contributed by atoms with E-state index in [2.05, 4.69) is 238 Å². The predicted octanol–water partition coefficient (Wildman–Crippen LogP) is 15.2. The van der Waals surface area contributed by atoms with Gasteiger partial charge in [0.05, 0.1) is 0 Å². The molecular weight excluding hydrogens is 721 g/mol. The predicted molar refractivity (Wildman–Crippen MR) is 253 cm³/mol. The molecule has 0 aromatic heterocycles. The topological polar surface area (TPSA) is 0 Å². The molecule has 1 atom stereocenters. The Labute approximate surface area is 354 Å². The molecule has 1 saturated carbocycles. The molecule has 0 aliphatic heterocycles. The van der Waals surface area contributed by atoms with Crippen molar-refractivity contribution in [2.24, 2.45) is 5.92 Å². The Morgan fingerprint density at radius 1 is 0.383 bits per heavy atom. The largest absolute Gasteiger partial charge is 0.0644 e. The fraction of sp³-hybridized carbons (Fsp3) is 0.0667. The zero-order chi connectivity index (χ0) is 40.4. The normalized spacial score (nSPS) is 14.6. The Hall–Kier alpha value is -7.28. The van der Waals surface area contributed by atoms with Crippen LogP contribution in [0, 0.1) is 19.8 Å². The fourth-order valence-corrected chi connectivity index (χ4v) is 9.40. The second-order valence-electron chi connectivity index (χ2n) is 16.1. The summed E-state index contributed by atoms with van der Waals surface area (Å²) in [5, 5.41) is 0. The summed E-state index contributed by atoms with van der Waals surface area (Å²) in [6.45, 7) is 4.36. The van der Waals surface area contributed by atoms with Gasteiger partial charge in [-0.3, -0.25) is 0 Å². The van der Waals surface area contributed by atoms with Crippen molar-refractivity contribution in [3.63, 3.8) is 0 Å². The average molecular weight is 767 g/mol. The summed E-state index contributed by atoms with van der Waals surface area (Å²) in [6.07, 6.45) is 3.40. The van der Waals surface area contributed by atoms with Gasteiger partial charge in [0.1, 0.15) is 0 Å². The quantitative estimate of drug-likeness (QED) is 0.152. The van der Waals surface area contributed by atoms with Crippen molar-refractivity contribution in [3.8, 4) is 11.1 Å². The molecule has 0 amide bonds. The molecule has 8 aromatic rings. The summed E-state index contributed by atoms with van der Waals surface area (Å²) in [7, 11) is 0. The standard InChI is InChI=1S/C60H46/c1-41-28-32-48(33-29-41)57(49-34-30-42(2)31-35-49)56-40-54-55(60(56)58(45-22-12-5-13-23-45)46-24-14-6-15-25-46)39-52(44-20-10-4-11-21-44)51-37-36-50(43-18-8-3-9-19-43)38-53(51)59(54)47-26-16-7-17-27-47/h3-39,55H,40H2,1-2H3.